The third-order valence-electron chi connectivity index (χ3n) is 3.16. The van der Waals surface area contributed by atoms with E-state index < -0.39 is 5.97 Å². The molecule has 0 aliphatic carbocycles. The van der Waals surface area contributed by atoms with E-state index in [1.807, 2.05) is 13.2 Å². The molecule has 0 fully saturated rings. The van der Waals surface area contributed by atoms with E-state index in [9.17, 15) is 4.79 Å². The number of hydrogen-bond acceptors (Lipinski definition) is 3. The number of halogens is 1. The number of aromatic carboxylic acids is 1. The Labute approximate surface area is 128 Å². The van der Waals surface area contributed by atoms with Crippen LogP contribution in [0.3, 0.4) is 0 Å². The molecule has 1 aromatic carbocycles. The minimum atomic E-state index is -1.03. The van der Waals surface area contributed by atoms with E-state index in [0.717, 1.165) is 16.9 Å². The molecule has 112 valence electrons. The van der Waals surface area contributed by atoms with Gasteiger partial charge in [-0.1, -0.05) is 25.4 Å². The van der Waals surface area contributed by atoms with Crippen LogP contribution in [-0.2, 0) is 13.6 Å². The van der Waals surface area contributed by atoms with E-state index in [1.54, 1.807) is 16.8 Å². The minimum Gasteiger partial charge on any atom is -0.478 e. The second-order valence-electron chi connectivity index (χ2n) is 5.22. The molecule has 1 heterocycles. The van der Waals surface area contributed by atoms with Gasteiger partial charge in [-0.3, -0.25) is 4.68 Å². The summed E-state index contributed by atoms with van der Waals surface area (Å²) < 4.78 is 1.79. The fourth-order valence-corrected chi connectivity index (χ4v) is 2.37. The second-order valence-corrected chi connectivity index (χ2v) is 5.63. The van der Waals surface area contributed by atoms with E-state index in [4.69, 9.17) is 16.7 Å². The molecule has 5 nitrogen and oxygen atoms in total. The minimum absolute atomic E-state index is 0.0944. The number of rotatable bonds is 5. The van der Waals surface area contributed by atoms with Crippen molar-refractivity contribution in [1.29, 1.82) is 0 Å². The van der Waals surface area contributed by atoms with Crippen LogP contribution in [0.4, 0.5) is 5.69 Å². The van der Waals surface area contributed by atoms with Crippen LogP contribution < -0.4 is 5.32 Å². The van der Waals surface area contributed by atoms with Gasteiger partial charge in [0.05, 0.1) is 16.3 Å². The average Bonchev–Trinajstić information content (AvgIpc) is 2.79. The maximum absolute atomic E-state index is 11.1. The lowest BCUT2D eigenvalue weighted by atomic mass is 10.1. The van der Waals surface area contributed by atoms with Crippen LogP contribution in [0.15, 0.2) is 24.4 Å². The first-order valence-electron chi connectivity index (χ1n) is 6.67. The van der Waals surface area contributed by atoms with E-state index in [1.165, 1.54) is 6.07 Å². The van der Waals surface area contributed by atoms with Gasteiger partial charge in [0, 0.05) is 31.0 Å². The summed E-state index contributed by atoms with van der Waals surface area (Å²) in [5, 5.41) is 17.0. The van der Waals surface area contributed by atoms with Crippen molar-refractivity contribution in [3.05, 3.63) is 46.2 Å². The number of carbonyl (C=O) groups is 1. The number of carboxylic acids is 1. The Morgan fingerprint density at radius 1 is 1.48 bits per heavy atom. The van der Waals surface area contributed by atoms with Crippen LogP contribution >= 0.6 is 11.6 Å². The summed E-state index contributed by atoms with van der Waals surface area (Å²) in [6.07, 6.45) is 1.97. The summed E-state index contributed by atoms with van der Waals surface area (Å²) in [6.45, 7) is 4.77. The Morgan fingerprint density at radius 2 is 2.19 bits per heavy atom. The molecule has 2 rings (SSSR count). The highest BCUT2D eigenvalue weighted by atomic mass is 35.5. The van der Waals surface area contributed by atoms with Gasteiger partial charge in [-0.15, -0.1) is 0 Å². The van der Waals surface area contributed by atoms with Crippen molar-refractivity contribution in [3.63, 3.8) is 0 Å². The van der Waals surface area contributed by atoms with Crippen LogP contribution in [0.1, 0.15) is 41.4 Å². The highest BCUT2D eigenvalue weighted by Gasteiger charge is 2.12. The maximum atomic E-state index is 11.1. The molecule has 0 saturated carbocycles. The predicted molar refractivity (Wildman–Crippen MR) is 83.0 cm³/mol. The average molecular weight is 308 g/mol. The standard InChI is InChI=1S/C15H18ClN3O2/c1-9(2)14-10(8-19(3)18-14)7-17-11-4-5-13(16)12(6-11)15(20)21/h4-6,8-9,17H,7H2,1-3H3,(H,20,21). The Morgan fingerprint density at radius 3 is 2.81 bits per heavy atom. The third kappa shape index (κ3) is 3.55. The van der Waals surface area contributed by atoms with E-state index in [-0.39, 0.29) is 10.6 Å². The number of nitrogens with one attached hydrogen (secondary N) is 1. The van der Waals surface area contributed by atoms with Gasteiger partial charge in [-0.05, 0) is 24.1 Å². The normalized spacial score (nSPS) is 10.9. The first-order chi connectivity index (χ1) is 9.88. The molecule has 0 spiro atoms. The summed E-state index contributed by atoms with van der Waals surface area (Å²) in [7, 11) is 1.89. The quantitative estimate of drug-likeness (QED) is 0.887. The SMILES string of the molecule is CC(C)c1nn(C)cc1CNc1ccc(Cl)c(C(=O)O)c1. The molecule has 0 unspecified atom stereocenters. The first-order valence-corrected chi connectivity index (χ1v) is 7.05. The van der Waals surface area contributed by atoms with Crippen LogP contribution in [0.25, 0.3) is 0 Å². The molecule has 0 atom stereocenters. The predicted octanol–water partition coefficient (Wildman–Crippen LogP) is 3.51. The number of anilines is 1. The van der Waals surface area contributed by atoms with Crippen molar-refractivity contribution in [2.24, 2.45) is 7.05 Å². The lowest BCUT2D eigenvalue weighted by molar-refractivity contribution is 0.0697. The van der Waals surface area contributed by atoms with Crippen molar-refractivity contribution in [1.82, 2.24) is 9.78 Å². The summed E-state index contributed by atoms with van der Waals surface area (Å²) >= 11 is 5.86. The van der Waals surface area contributed by atoms with Crippen molar-refractivity contribution < 1.29 is 9.90 Å². The zero-order valence-corrected chi connectivity index (χ0v) is 13.0. The molecular formula is C15H18ClN3O2. The summed E-state index contributed by atoms with van der Waals surface area (Å²) in [5.41, 5.74) is 2.95. The molecule has 0 amide bonds. The number of aryl methyl sites for hydroxylation is 1. The molecule has 1 aromatic heterocycles. The highest BCUT2D eigenvalue weighted by Crippen LogP contribution is 2.22. The Kier molecular flexibility index (Phi) is 4.53. The Hall–Kier alpha value is -2.01. The van der Waals surface area contributed by atoms with Gasteiger partial charge in [0.1, 0.15) is 0 Å². The molecule has 0 radical (unpaired) electrons. The molecule has 0 saturated heterocycles. The van der Waals surface area contributed by atoms with Gasteiger partial charge in [0.25, 0.3) is 0 Å². The largest absolute Gasteiger partial charge is 0.478 e. The molecule has 2 aromatic rings. The molecular weight excluding hydrogens is 290 g/mol. The van der Waals surface area contributed by atoms with Crippen molar-refractivity contribution in [3.8, 4) is 0 Å². The first kappa shape index (κ1) is 15.4. The number of hydrogen-bond donors (Lipinski definition) is 2. The van der Waals surface area contributed by atoms with Gasteiger partial charge < -0.3 is 10.4 Å². The van der Waals surface area contributed by atoms with Crippen LogP contribution in [-0.4, -0.2) is 20.9 Å². The van der Waals surface area contributed by atoms with Crippen molar-refractivity contribution in [2.45, 2.75) is 26.3 Å². The zero-order chi connectivity index (χ0) is 15.6. The van der Waals surface area contributed by atoms with Crippen LogP contribution in [0.5, 0.6) is 0 Å². The Balaban J connectivity index is 2.17. The van der Waals surface area contributed by atoms with E-state index in [2.05, 4.69) is 24.3 Å². The molecule has 21 heavy (non-hydrogen) atoms. The van der Waals surface area contributed by atoms with Crippen LogP contribution in [0, 0.1) is 0 Å². The molecule has 0 bridgehead atoms. The van der Waals surface area contributed by atoms with Gasteiger partial charge in [0.15, 0.2) is 0 Å². The fourth-order valence-electron chi connectivity index (χ4n) is 2.17. The van der Waals surface area contributed by atoms with Gasteiger partial charge in [-0.25, -0.2) is 4.79 Å². The monoisotopic (exact) mass is 307 g/mol. The lowest BCUT2D eigenvalue weighted by Gasteiger charge is -2.09. The molecule has 2 N–H and O–H groups in total. The number of aromatic nitrogens is 2. The second kappa shape index (κ2) is 6.18. The van der Waals surface area contributed by atoms with Crippen molar-refractivity contribution >= 4 is 23.3 Å². The fraction of sp³-hybridized carbons (Fsp3) is 0.333. The number of benzene rings is 1. The summed E-state index contributed by atoms with van der Waals surface area (Å²) in [4.78, 5) is 11.1. The summed E-state index contributed by atoms with van der Waals surface area (Å²) in [5.74, 6) is -0.698. The number of nitrogens with zero attached hydrogens (tertiary/aromatic N) is 2. The maximum Gasteiger partial charge on any atom is 0.337 e. The molecule has 0 aliphatic heterocycles. The van der Waals surface area contributed by atoms with E-state index >= 15 is 0 Å². The van der Waals surface area contributed by atoms with Gasteiger partial charge in [0.2, 0.25) is 0 Å². The molecule has 6 heteroatoms. The highest BCUT2D eigenvalue weighted by molar-refractivity contribution is 6.33. The van der Waals surface area contributed by atoms with Gasteiger partial charge in [-0.2, -0.15) is 5.10 Å². The molecule has 0 aliphatic rings. The third-order valence-corrected chi connectivity index (χ3v) is 3.49. The number of carboxylic acid groups (broad SMARTS) is 1. The summed E-state index contributed by atoms with van der Waals surface area (Å²) in [6, 6.07) is 4.89. The Bertz CT molecular complexity index is 665. The zero-order valence-electron chi connectivity index (χ0n) is 12.2. The van der Waals surface area contributed by atoms with E-state index in [0.29, 0.717) is 12.5 Å². The van der Waals surface area contributed by atoms with Crippen LogP contribution in [0.2, 0.25) is 5.02 Å². The lowest BCUT2D eigenvalue weighted by Crippen LogP contribution is -2.04. The smallest absolute Gasteiger partial charge is 0.337 e. The van der Waals surface area contributed by atoms with Crippen molar-refractivity contribution in [2.75, 3.05) is 5.32 Å². The van der Waals surface area contributed by atoms with Gasteiger partial charge >= 0.3 is 5.97 Å². The topological polar surface area (TPSA) is 67.2 Å².